The molecule has 0 bridgehead atoms. The molecule has 2 heterocycles. The molecule has 10 heteroatoms. The highest BCUT2D eigenvalue weighted by atomic mass is 79.9. The van der Waals surface area contributed by atoms with Gasteiger partial charge in [0.2, 0.25) is 0 Å². The molecule has 0 saturated carbocycles. The number of anilines is 1. The Labute approximate surface area is 121 Å². The lowest BCUT2D eigenvalue weighted by atomic mass is 10.5. The van der Waals surface area contributed by atoms with Crippen LogP contribution < -0.4 is 10.3 Å². The second-order valence-corrected chi connectivity index (χ2v) is 6.28. The van der Waals surface area contributed by atoms with Crippen LogP contribution in [-0.4, -0.2) is 23.6 Å². The monoisotopic (exact) mass is 364 g/mol. The molecule has 100 valence electrons. The summed E-state index contributed by atoms with van der Waals surface area (Å²) in [5.41, 5.74) is -0.440. The highest BCUT2D eigenvalue weighted by Crippen LogP contribution is 2.24. The zero-order valence-corrected chi connectivity index (χ0v) is 12.3. The van der Waals surface area contributed by atoms with E-state index in [1.165, 1.54) is 18.3 Å². The number of aromatic nitrogens is 3. The van der Waals surface area contributed by atoms with Crippen molar-refractivity contribution in [1.29, 1.82) is 0 Å². The van der Waals surface area contributed by atoms with Crippen molar-refractivity contribution in [2.45, 2.75) is 4.90 Å². The van der Waals surface area contributed by atoms with E-state index in [4.69, 9.17) is 11.6 Å². The lowest BCUT2D eigenvalue weighted by Gasteiger charge is -2.07. The zero-order chi connectivity index (χ0) is 14.0. The molecular weight excluding hydrogens is 360 g/mol. The van der Waals surface area contributed by atoms with Gasteiger partial charge in [0.25, 0.3) is 15.6 Å². The molecule has 0 spiro atoms. The molecule has 0 atom stereocenters. The van der Waals surface area contributed by atoms with Crippen molar-refractivity contribution in [2.75, 3.05) is 4.72 Å². The summed E-state index contributed by atoms with van der Waals surface area (Å²) in [4.78, 5) is 14.3. The normalized spacial score (nSPS) is 11.3. The predicted molar refractivity (Wildman–Crippen MR) is 72.6 cm³/mol. The van der Waals surface area contributed by atoms with E-state index >= 15 is 0 Å². The second kappa shape index (κ2) is 5.27. The van der Waals surface area contributed by atoms with Crippen LogP contribution in [0.2, 0.25) is 5.15 Å². The van der Waals surface area contributed by atoms with Crippen LogP contribution in [0.4, 0.5) is 5.82 Å². The second-order valence-electron chi connectivity index (χ2n) is 3.35. The van der Waals surface area contributed by atoms with E-state index in [9.17, 15) is 13.2 Å². The summed E-state index contributed by atoms with van der Waals surface area (Å²) in [7, 11) is -3.94. The van der Waals surface area contributed by atoms with E-state index in [-0.39, 0.29) is 15.9 Å². The Balaban J connectivity index is 2.40. The van der Waals surface area contributed by atoms with Gasteiger partial charge in [0.1, 0.15) is 10.0 Å². The molecule has 0 aliphatic rings. The minimum Gasteiger partial charge on any atom is -0.268 e. The smallest absolute Gasteiger partial charge is 0.266 e. The summed E-state index contributed by atoms with van der Waals surface area (Å²) in [6.45, 7) is 0. The van der Waals surface area contributed by atoms with Gasteiger partial charge in [-0.05, 0) is 28.1 Å². The zero-order valence-electron chi connectivity index (χ0n) is 9.09. The molecule has 0 aliphatic heterocycles. The maximum Gasteiger partial charge on any atom is 0.266 e. The summed E-state index contributed by atoms with van der Waals surface area (Å²) < 4.78 is 26.8. The lowest BCUT2D eigenvalue weighted by molar-refractivity contribution is 0.600. The third kappa shape index (κ3) is 3.31. The maximum atomic E-state index is 12.1. The van der Waals surface area contributed by atoms with Crippen molar-refractivity contribution in [1.82, 2.24) is 15.2 Å². The van der Waals surface area contributed by atoms with Gasteiger partial charge < -0.3 is 0 Å². The average Bonchev–Trinajstić information content (AvgIpc) is 2.35. The number of nitrogens with one attached hydrogen (secondary N) is 2. The first kappa shape index (κ1) is 14.0. The van der Waals surface area contributed by atoms with Crippen LogP contribution in [-0.2, 0) is 10.0 Å². The Kier molecular flexibility index (Phi) is 3.88. The fourth-order valence-corrected chi connectivity index (χ4v) is 3.13. The molecule has 0 unspecified atom stereocenters. The first-order valence-electron chi connectivity index (χ1n) is 4.78. The Morgan fingerprint density at radius 1 is 1.37 bits per heavy atom. The predicted octanol–water partition coefficient (Wildman–Crippen LogP) is 1.38. The Hall–Kier alpha value is -1.45. The van der Waals surface area contributed by atoms with Crippen molar-refractivity contribution in [3.05, 3.63) is 44.4 Å². The molecule has 2 rings (SSSR count). The Morgan fingerprint density at radius 2 is 2.11 bits per heavy atom. The molecule has 0 aromatic carbocycles. The van der Waals surface area contributed by atoms with E-state index in [1.807, 2.05) is 0 Å². The first-order chi connectivity index (χ1) is 8.88. The van der Waals surface area contributed by atoms with E-state index < -0.39 is 15.6 Å². The van der Waals surface area contributed by atoms with Crippen LogP contribution in [0.15, 0.2) is 38.6 Å². The summed E-state index contributed by atoms with van der Waals surface area (Å²) in [6.07, 6.45) is 1.37. The molecular formula is C9H6BrClN4O3S. The lowest BCUT2D eigenvalue weighted by Crippen LogP contribution is -2.17. The van der Waals surface area contributed by atoms with Crippen molar-refractivity contribution < 1.29 is 8.42 Å². The van der Waals surface area contributed by atoms with Crippen LogP contribution >= 0.6 is 27.5 Å². The van der Waals surface area contributed by atoms with E-state index in [1.54, 1.807) is 0 Å². The SMILES string of the molecule is O=c1ccc(NS(=O)(=O)c2cc(Br)cnc2Cl)n[nH]1. The highest BCUT2D eigenvalue weighted by molar-refractivity contribution is 9.10. The van der Waals surface area contributed by atoms with Gasteiger partial charge in [0.05, 0.1) is 0 Å². The quantitative estimate of drug-likeness (QED) is 0.800. The van der Waals surface area contributed by atoms with Gasteiger partial charge in [0.15, 0.2) is 5.82 Å². The maximum absolute atomic E-state index is 12.1. The number of sulfonamides is 1. The van der Waals surface area contributed by atoms with Crippen LogP contribution in [0.25, 0.3) is 0 Å². The fraction of sp³-hybridized carbons (Fsp3) is 0. The number of nitrogens with zero attached hydrogens (tertiary/aromatic N) is 2. The number of rotatable bonds is 3. The number of hydrogen-bond acceptors (Lipinski definition) is 5. The van der Waals surface area contributed by atoms with Gasteiger partial charge in [-0.1, -0.05) is 11.6 Å². The number of H-pyrrole nitrogens is 1. The van der Waals surface area contributed by atoms with Crippen LogP contribution in [0.3, 0.4) is 0 Å². The molecule has 0 amide bonds. The van der Waals surface area contributed by atoms with Gasteiger partial charge in [-0.25, -0.2) is 18.5 Å². The van der Waals surface area contributed by atoms with Crippen LogP contribution in [0.1, 0.15) is 0 Å². The van der Waals surface area contributed by atoms with E-state index in [0.717, 1.165) is 6.07 Å². The summed E-state index contributed by atoms with van der Waals surface area (Å²) in [5, 5.41) is 5.48. The Morgan fingerprint density at radius 3 is 2.74 bits per heavy atom. The molecule has 0 fully saturated rings. The Bertz CT molecular complexity index is 757. The third-order valence-corrected chi connectivity index (χ3v) is 4.20. The minimum absolute atomic E-state index is 0.0318. The third-order valence-electron chi connectivity index (χ3n) is 1.98. The van der Waals surface area contributed by atoms with Crippen molar-refractivity contribution in [3.8, 4) is 0 Å². The van der Waals surface area contributed by atoms with Gasteiger partial charge in [-0.15, -0.1) is 0 Å². The summed E-state index contributed by atoms with van der Waals surface area (Å²) in [5.74, 6) is -0.0318. The van der Waals surface area contributed by atoms with Gasteiger partial charge in [0, 0.05) is 16.7 Å². The number of hydrogen-bond donors (Lipinski definition) is 2. The van der Waals surface area contributed by atoms with Crippen molar-refractivity contribution in [3.63, 3.8) is 0 Å². The van der Waals surface area contributed by atoms with Crippen molar-refractivity contribution >= 4 is 43.4 Å². The van der Waals surface area contributed by atoms with Gasteiger partial charge in [-0.2, -0.15) is 5.10 Å². The standard InChI is InChI=1S/C9H6BrClN4O3S/c10-5-3-6(9(11)12-4-5)19(17,18)15-7-1-2-8(16)14-13-7/h1-4H,(H,13,15)(H,14,16). The molecule has 0 radical (unpaired) electrons. The molecule has 2 N–H and O–H groups in total. The first-order valence-corrected chi connectivity index (χ1v) is 7.43. The van der Waals surface area contributed by atoms with Crippen molar-refractivity contribution in [2.24, 2.45) is 0 Å². The summed E-state index contributed by atoms with van der Waals surface area (Å²) >= 11 is 8.85. The molecule has 19 heavy (non-hydrogen) atoms. The number of aromatic amines is 1. The largest absolute Gasteiger partial charge is 0.268 e. The number of halogens is 2. The van der Waals surface area contributed by atoms with E-state index in [0.29, 0.717) is 4.47 Å². The van der Waals surface area contributed by atoms with Crippen LogP contribution in [0.5, 0.6) is 0 Å². The fourth-order valence-electron chi connectivity index (χ4n) is 1.19. The minimum atomic E-state index is -3.94. The van der Waals surface area contributed by atoms with Crippen LogP contribution in [0, 0.1) is 0 Å². The average molecular weight is 366 g/mol. The molecule has 2 aromatic rings. The summed E-state index contributed by atoms with van der Waals surface area (Å²) in [6, 6.07) is 3.69. The highest BCUT2D eigenvalue weighted by Gasteiger charge is 2.20. The van der Waals surface area contributed by atoms with Gasteiger partial charge >= 0.3 is 0 Å². The molecule has 2 aromatic heterocycles. The van der Waals surface area contributed by atoms with Gasteiger partial charge in [-0.3, -0.25) is 9.52 Å². The van der Waals surface area contributed by atoms with E-state index in [2.05, 4.69) is 35.8 Å². The number of pyridine rings is 1. The molecule has 0 aliphatic carbocycles. The topological polar surface area (TPSA) is 105 Å². The molecule has 7 nitrogen and oxygen atoms in total. The molecule has 0 saturated heterocycles.